The van der Waals surface area contributed by atoms with Gasteiger partial charge in [0.2, 0.25) is 0 Å². The highest BCUT2D eigenvalue weighted by Crippen LogP contribution is 2.33. The highest BCUT2D eigenvalue weighted by molar-refractivity contribution is 7.14. The van der Waals surface area contributed by atoms with Crippen LogP contribution in [0.2, 0.25) is 5.02 Å². The third-order valence-electron chi connectivity index (χ3n) is 5.42. The van der Waals surface area contributed by atoms with Crippen molar-refractivity contribution in [2.45, 2.75) is 18.9 Å². The van der Waals surface area contributed by atoms with E-state index in [1.165, 1.54) is 42.4 Å². The SMILES string of the molecule is CNC(=O)c1ccc(CC(=O)C(CCOC)n2cc(OC)c(-c3cc(Cl)ccc3C#N)cc2=O)s1. The van der Waals surface area contributed by atoms with Gasteiger partial charge in [0.05, 0.1) is 35.9 Å². The summed E-state index contributed by atoms with van der Waals surface area (Å²) in [7, 11) is 4.51. The van der Waals surface area contributed by atoms with E-state index in [9.17, 15) is 19.6 Å². The Labute approximate surface area is 211 Å². The van der Waals surface area contributed by atoms with Gasteiger partial charge in [-0.1, -0.05) is 11.6 Å². The van der Waals surface area contributed by atoms with Crippen molar-refractivity contribution in [2.75, 3.05) is 27.9 Å². The van der Waals surface area contributed by atoms with E-state index in [0.29, 0.717) is 37.2 Å². The van der Waals surface area contributed by atoms with Crippen LogP contribution in [0.5, 0.6) is 5.75 Å². The Balaban J connectivity index is 2.02. The Kier molecular flexibility index (Phi) is 8.82. The first-order chi connectivity index (χ1) is 16.8. The number of hydrogen-bond donors (Lipinski definition) is 1. The van der Waals surface area contributed by atoms with Crippen LogP contribution in [0.3, 0.4) is 0 Å². The summed E-state index contributed by atoms with van der Waals surface area (Å²) in [5.74, 6) is -0.111. The van der Waals surface area contributed by atoms with E-state index < -0.39 is 11.6 Å². The smallest absolute Gasteiger partial charge is 0.261 e. The van der Waals surface area contributed by atoms with Crippen LogP contribution >= 0.6 is 22.9 Å². The van der Waals surface area contributed by atoms with Gasteiger partial charge in [0, 0.05) is 54.3 Å². The fourth-order valence-electron chi connectivity index (χ4n) is 3.67. The van der Waals surface area contributed by atoms with Crippen LogP contribution in [0.1, 0.15) is 32.6 Å². The Bertz CT molecular complexity index is 1340. The molecule has 3 rings (SSSR count). The molecule has 1 aromatic carbocycles. The second-order valence-electron chi connectivity index (χ2n) is 7.59. The van der Waals surface area contributed by atoms with Crippen molar-refractivity contribution in [3.05, 3.63) is 73.3 Å². The van der Waals surface area contributed by atoms with Gasteiger partial charge in [0.25, 0.3) is 11.5 Å². The zero-order valence-corrected chi connectivity index (χ0v) is 21.0. The lowest BCUT2D eigenvalue weighted by atomic mass is 9.99. The van der Waals surface area contributed by atoms with Crippen molar-refractivity contribution >= 4 is 34.6 Å². The number of halogens is 1. The first-order valence-electron chi connectivity index (χ1n) is 10.7. The number of aromatic nitrogens is 1. The molecule has 1 atom stereocenters. The topological polar surface area (TPSA) is 110 Å². The van der Waals surface area contributed by atoms with E-state index in [4.69, 9.17) is 21.1 Å². The van der Waals surface area contributed by atoms with Gasteiger partial charge < -0.3 is 19.4 Å². The molecule has 0 aliphatic carbocycles. The molecule has 0 spiro atoms. The molecule has 0 bridgehead atoms. The van der Waals surface area contributed by atoms with Crippen LogP contribution in [0.25, 0.3) is 11.1 Å². The molecule has 0 saturated heterocycles. The average molecular weight is 514 g/mol. The van der Waals surface area contributed by atoms with Crippen LogP contribution in [0, 0.1) is 11.3 Å². The Morgan fingerprint density at radius 1 is 1.20 bits per heavy atom. The number of benzene rings is 1. The monoisotopic (exact) mass is 513 g/mol. The first-order valence-corrected chi connectivity index (χ1v) is 11.8. The van der Waals surface area contributed by atoms with Crippen molar-refractivity contribution in [1.29, 1.82) is 5.26 Å². The van der Waals surface area contributed by atoms with Crippen LogP contribution in [-0.4, -0.2) is 44.1 Å². The number of ketones is 1. The van der Waals surface area contributed by atoms with Gasteiger partial charge in [-0.2, -0.15) is 5.26 Å². The third kappa shape index (κ3) is 5.98. The van der Waals surface area contributed by atoms with E-state index in [-0.39, 0.29) is 31.1 Å². The summed E-state index contributed by atoms with van der Waals surface area (Å²) < 4.78 is 12.0. The summed E-state index contributed by atoms with van der Waals surface area (Å²) in [4.78, 5) is 39.6. The molecule has 0 radical (unpaired) electrons. The minimum Gasteiger partial charge on any atom is -0.495 e. The van der Waals surface area contributed by atoms with Gasteiger partial charge >= 0.3 is 0 Å². The maximum absolute atomic E-state index is 13.3. The second kappa shape index (κ2) is 11.8. The normalized spacial score (nSPS) is 11.5. The predicted molar refractivity (Wildman–Crippen MR) is 134 cm³/mol. The van der Waals surface area contributed by atoms with Crippen molar-refractivity contribution in [2.24, 2.45) is 0 Å². The van der Waals surface area contributed by atoms with Gasteiger partial charge in [0.1, 0.15) is 5.75 Å². The number of methoxy groups -OCH3 is 2. The van der Waals surface area contributed by atoms with Crippen molar-refractivity contribution in [3.63, 3.8) is 0 Å². The number of carbonyl (C=O) groups excluding carboxylic acids is 2. The van der Waals surface area contributed by atoms with Crippen molar-refractivity contribution in [3.8, 4) is 22.9 Å². The summed E-state index contributed by atoms with van der Waals surface area (Å²) in [6.07, 6.45) is 1.80. The molecule has 3 aromatic rings. The van der Waals surface area contributed by atoms with E-state index in [0.717, 1.165) is 0 Å². The summed E-state index contributed by atoms with van der Waals surface area (Å²) in [5.41, 5.74) is 0.762. The first kappa shape index (κ1) is 26.2. The molecule has 0 aliphatic heterocycles. The number of amides is 1. The number of pyridine rings is 1. The average Bonchev–Trinajstić information content (AvgIpc) is 3.32. The van der Waals surface area contributed by atoms with E-state index in [1.807, 2.05) is 0 Å². The fraction of sp³-hybridized carbons (Fsp3) is 0.280. The number of ether oxygens (including phenoxy) is 2. The second-order valence-corrected chi connectivity index (χ2v) is 9.19. The Morgan fingerprint density at radius 3 is 2.63 bits per heavy atom. The summed E-state index contributed by atoms with van der Waals surface area (Å²) in [5, 5.41) is 12.5. The minimum atomic E-state index is -0.814. The number of nitrogens with zero attached hydrogens (tertiary/aromatic N) is 2. The molecular weight excluding hydrogens is 490 g/mol. The number of nitriles is 1. The van der Waals surface area contributed by atoms with Gasteiger partial charge in [0.15, 0.2) is 5.78 Å². The summed E-state index contributed by atoms with van der Waals surface area (Å²) in [6, 6.07) is 10.8. The molecule has 1 unspecified atom stereocenters. The molecule has 182 valence electrons. The highest BCUT2D eigenvalue weighted by Gasteiger charge is 2.25. The number of thiophene rings is 1. The molecule has 0 saturated carbocycles. The van der Waals surface area contributed by atoms with Gasteiger partial charge in [-0.25, -0.2) is 0 Å². The van der Waals surface area contributed by atoms with Gasteiger partial charge in [-0.05, 0) is 36.8 Å². The van der Waals surface area contributed by atoms with Gasteiger partial charge in [-0.15, -0.1) is 11.3 Å². The molecule has 0 aliphatic rings. The lowest BCUT2D eigenvalue weighted by Gasteiger charge is -2.20. The number of Topliss-reactive ketones (excluding diaryl/α,β-unsaturated/α-hetero) is 1. The maximum Gasteiger partial charge on any atom is 0.261 e. The molecule has 1 amide bonds. The van der Waals surface area contributed by atoms with E-state index in [1.54, 1.807) is 37.4 Å². The number of hydrogen-bond acceptors (Lipinski definition) is 7. The molecule has 8 nitrogen and oxygen atoms in total. The zero-order valence-electron chi connectivity index (χ0n) is 19.5. The van der Waals surface area contributed by atoms with E-state index >= 15 is 0 Å². The maximum atomic E-state index is 13.3. The van der Waals surface area contributed by atoms with Crippen LogP contribution in [0.15, 0.2) is 47.4 Å². The quantitative estimate of drug-likeness (QED) is 0.440. The zero-order chi connectivity index (χ0) is 25.5. The molecule has 35 heavy (non-hydrogen) atoms. The summed E-state index contributed by atoms with van der Waals surface area (Å²) >= 11 is 7.36. The third-order valence-corrected chi connectivity index (χ3v) is 6.74. The molecule has 0 fully saturated rings. The Hall–Kier alpha value is -3.45. The van der Waals surface area contributed by atoms with Crippen LogP contribution in [0.4, 0.5) is 0 Å². The van der Waals surface area contributed by atoms with Crippen LogP contribution in [-0.2, 0) is 16.0 Å². The molecule has 1 N–H and O–H groups in total. The van der Waals surface area contributed by atoms with Crippen molar-refractivity contribution < 1.29 is 19.1 Å². The largest absolute Gasteiger partial charge is 0.495 e. The molecule has 10 heteroatoms. The molecular formula is C25H24ClN3O5S. The predicted octanol–water partition coefficient (Wildman–Crippen LogP) is 3.86. The minimum absolute atomic E-state index is 0.0550. The fourth-order valence-corrected chi connectivity index (χ4v) is 4.81. The molecule has 2 heterocycles. The van der Waals surface area contributed by atoms with Crippen LogP contribution < -0.4 is 15.6 Å². The standard InChI is InChI=1S/C25H24ClN3O5S/c1-28-25(32)23-7-6-17(35-23)11-21(30)20(8-9-33-2)29-14-22(34-3)19(12-24(29)31)18-10-16(26)5-4-15(18)13-27/h4-7,10,12,14,20H,8-9,11H2,1-3H3,(H,28,32). The van der Waals surface area contributed by atoms with Gasteiger partial charge in [-0.3, -0.25) is 14.4 Å². The Morgan fingerprint density at radius 2 is 1.97 bits per heavy atom. The number of nitrogens with one attached hydrogen (secondary N) is 1. The number of carbonyl (C=O) groups is 2. The van der Waals surface area contributed by atoms with Crippen molar-refractivity contribution in [1.82, 2.24) is 9.88 Å². The number of rotatable bonds is 10. The lowest BCUT2D eigenvalue weighted by Crippen LogP contribution is -2.31. The lowest BCUT2D eigenvalue weighted by molar-refractivity contribution is -0.122. The highest BCUT2D eigenvalue weighted by atomic mass is 35.5. The summed E-state index contributed by atoms with van der Waals surface area (Å²) in [6.45, 7) is 0.258. The van der Waals surface area contributed by atoms with E-state index in [2.05, 4.69) is 11.4 Å². The molecule has 2 aromatic heterocycles.